The number of ether oxygens (including phenoxy) is 3. The fourth-order valence-electron chi connectivity index (χ4n) is 3.73. The maximum Gasteiger partial charge on any atom is 0.271 e. The van der Waals surface area contributed by atoms with Crippen molar-refractivity contribution in [1.29, 1.82) is 0 Å². The number of hydrazone groups is 1. The maximum absolute atomic E-state index is 12.8. The largest absolute Gasteiger partial charge is 0.490 e. The summed E-state index contributed by atoms with van der Waals surface area (Å²) in [5.74, 6) is 0.717. The van der Waals surface area contributed by atoms with Crippen LogP contribution < -0.4 is 25.0 Å². The van der Waals surface area contributed by atoms with Crippen LogP contribution in [0.15, 0.2) is 101 Å². The number of benzene rings is 4. The molecule has 0 spiro atoms. The molecule has 0 unspecified atom stereocenters. The lowest BCUT2D eigenvalue weighted by molar-refractivity contribution is -0.118. The van der Waals surface area contributed by atoms with Crippen molar-refractivity contribution in [2.45, 2.75) is 20.5 Å². The molecule has 4 aromatic carbocycles. The first-order valence-corrected chi connectivity index (χ1v) is 13.8. The summed E-state index contributed by atoms with van der Waals surface area (Å²) >= 11 is 3.43. The smallest absolute Gasteiger partial charge is 0.271 e. The van der Waals surface area contributed by atoms with Crippen molar-refractivity contribution in [3.8, 4) is 17.2 Å². The fourth-order valence-corrected chi connectivity index (χ4v) is 4.10. The summed E-state index contributed by atoms with van der Waals surface area (Å²) in [5.41, 5.74) is 6.27. The van der Waals surface area contributed by atoms with Gasteiger partial charge in [-0.15, -0.1) is 0 Å². The summed E-state index contributed by atoms with van der Waals surface area (Å²) in [4.78, 5) is 25.2. The molecule has 2 amide bonds. The zero-order valence-electron chi connectivity index (χ0n) is 22.7. The lowest BCUT2D eigenvalue weighted by atomic mass is 10.2. The Labute approximate surface area is 247 Å². The number of hydrogen-bond donors (Lipinski definition) is 2. The highest BCUT2D eigenvalue weighted by atomic mass is 79.9. The van der Waals surface area contributed by atoms with Crippen LogP contribution in [0.4, 0.5) is 5.69 Å². The van der Waals surface area contributed by atoms with E-state index in [4.69, 9.17) is 14.2 Å². The molecule has 210 valence electrons. The maximum atomic E-state index is 12.8. The van der Waals surface area contributed by atoms with Crippen LogP contribution in [0.5, 0.6) is 17.2 Å². The quantitative estimate of drug-likeness (QED) is 0.140. The van der Waals surface area contributed by atoms with E-state index < -0.39 is 5.91 Å². The highest BCUT2D eigenvalue weighted by Gasteiger charge is 2.12. The molecule has 0 aliphatic carbocycles. The minimum Gasteiger partial charge on any atom is -0.490 e. The molecule has 9 heteroatoms. The molecule has 8 nitrogen and oxygen atoms in total. The minimum atomic E-state index is -0.424. The van der Waals surface area contributed by atoms with Crippen LogP contribution in [0.1, 0.15) is 34.0 Å². The number of nitrogens with zero attached hydrogens (tertiary/aromatic N) is 1. The third-order valence-corrected chi connectivity index (χ3v) is 6.27. The second-order valence-corrected chi connectivity index (χ2v) is 9.87. The van der Waals surface area contributed by atoms with E-state index in [1.807, 2.05) is 68.4 Å². The molecule has 0 saturated heterocycles. The van der Waals surface area contributed by atoms with Crippen LogP contribution >= 0.6 is 15.9 Å². The van der Waals surface area contributed by atoms with Gasteiger partial charge in [0, 0.05) is 21.3 Å². The molecule has 2 N–H and O–H groups in total. The zero-order valence-corrected chi connectivity index (χ0v) is 24.3. The number of hydrogen-bond acceptors (Lipinski definition) is 6. The van der Waals surface area contributed by atoms with Crippen molar-refractivity contribution < 1.29 is 23.8 Å². The second-order valence-electron chi connectivity index (χ2n) is 8.95. The van der Waals surface area contributed by atoms with Gasteiger partial charge in [-0.3, -0.25) is 9.59 Å². The summed E-state index contributed by atoms with van der Waals surface area (Å²) in [6.45, 7) is 4.44. The number of carbonyl (C=O) groups excluding carboxylic acids is 2. The van der Waals surface area contributed by atoms with Gasteiger partial charge in [-0.2, -0.15) is 5.10 Å². The molecule has 0 aromatic heterocycles. The zero-order chi connectivity index (χ0) is 29.0. The number of amides is 2. The molecule has 0 bridgehead atoms. The van der Waals surface area contributed by atoms with Crippen molar-refractivity contribution >= 4 is 39.6 Å². The highest BCUT2D eigenvalue weighted by Crippen LogP contribution is 2.29. The van der Waals surface area contributed by atoms with Gasteiger partial charge in [-0.25, -0.2) is 5.43 Å². The van der Waals surface area contributed by atoms with Crippen LogP contribution in [-0.4, -0.2) is 31.2 Å². The Bertz CT molecular complexity index is 1510. The van der Waals surface area contributed by atoms with Gasteiger partial charge >= 0.3 is 0 Å². The molecule has 4 rings (SSSR count). The molecule has 4 aromatic rings. The third kappa shape index (κ3) is 8.94. The van der Waals surface area contributed by atoms with Crippen LogP contribution in [0.25, 0.3) is 0 Å². The summed E-state index contributed by atoms with van der Waals surface area (Å²) in [6.07, 6.45) is 1.46. The molecule has 0 aliphatic heterocycles. The van der Waals surface area contributed by atoms with Crippen LogP contribution in [-0.2, 0) is 11.4 Å². The molecule has 0 radical (unpaired) electrons. The molecule has 0 saturated carbocycles. The van der Waals surface area contributed by atoms with Crippen molar-refractivity contribution in [2.24, 2.45) is 5.10 Å². The number of rotatable bonds is 12. The fraction of sp³-hybridized carbons (Fsp3) is 0.156. The molecule has 0 heterocycles. The Balaban J connectivity index is 1.37. The van der Waals surface area contributed by atoms with E-state index in [9.17, 15) is 9.59 Å². The Hall–Kier alpha value is -4.63. The van der Waals surface area contributed by atoms with E-state index in [1.54, 1.807) is 36.4 Å². The van der Waals surface area contributed by atoms with Crippen LogP contribution in [0.2, 0.25) is 0 Å². The van der Waals surface area contributed by atoms with Crippen LogP contribution in [0.3, 0.4) is 0 Å². The van der Waals surface area contributed by atoms with Gasteiger partial charge in [-0.05, 0) is 67.9 Å². The lowest BCUT2D eigenvalue weighted by Crippen LogP contribution is -2.20. The Kier molecular flexibility index (Phi) is 10.5. The van der Waals surface area contributed by atoms with Gasteiger partial charge in [-0.1, -0.05) is 64.0 Å². The molecular weight excluding hydrogens is 586 g/mol. The van der Waals surface area contributed by atoms with Gasteiger partial charge < -0.3 is 19.5 Å². The monoisotopic (exact) mass is 615 g/mol. The summed E-state index contributed by atoms with van der Waals surface area (Å²) in [7, 11) is 0. The predicted octanol–water partition coefficient (Wildman–Crippen LogP) is 6.52. The third-order valence-electron chi connectivity index (χ3n) is 5.78. The highest BCUT2D eigenvalue weighted by molar-refractivity contribution is 9.10. The first kappa shape index (κ1) is 29.4. The number of nitrogens with one attached hydrogen (secondary N) is 2. The van der Waals surface area contributed by atoms with Gasteiger partial charge in [0.25, 0.3) is 11.8 Å². The van der Waals surface area contributed by atoms with Gasteiger partial charge in [0.1, 0.15) is 12.4 Å². The van der Waals surface area contributed by atoms with Gasteiger partial charge in [0.15, 0.2) is 18.1 Å². The number of anilines is 1. The standard InChI is InChI=1S/C32H30BrN3O5/c1-3-39-30-18-24(11-15-29(30)40-20-23-7-5-4-6-8-23)32(38)36-34-19-25-17-26(33)12-16-28(25)41-21-31(37)35-27-13-9-22(2)10-14-27/h4-19H,3,20-21H2,1-2H3,(H,35,37)(H,36,38)/b34-19+. The molecule has 0 aliphatic rings. The first-order chi connectivity index (χ1) is 19.9. The predicted molar refractivity (Wildman–Crippen MR) is 163 cm³/mol. The van der Waals surface area contributed by atoms with E-state index in [2.05, 4.69) is 31.8 Å². The van der Waals surface area contributed by atoms with Crippen molar-refractivity contribution in [2.75, 3.05) is 18.5 Å². The number of halogens is 1. The summed E-state index contributed by atoms with van der Waals surface area (Å²) < 4.78 is 18.2. The molecule has 41 heavy (non-hydrogen) atoms. The van der Waals surface area contributed by atoms with E-state index in [-0.39, 0.29) is 12.5 Å². The summed E-state index contributed by atoms with van der Waals surface area (Å²) in [5, 5.41) is 6.90. The Morgan fingerprint density at radius 3 is 2.37 bits per heavy atom. The SMILES string of the molecule is CCOc1cc(C(=O)N/N=C/c2cc(Br)ccc2OCC(=O)Nc2ccc(C)cc2)ccc1OCc1ccccc1. The lowest BCUT2D eigenvalue weighted by Gasteiger charge is -2.13. The van der Waals surface area contributed by atoms with E-state index in [1.165, 1.54) is 6.21 Å². The van der Waals surface area contributed by atoms with E-state index >= 15 is 0 Å². The summed E-state index contributed by atoms with van der Waals surface area (Å²) in [6, 6.07) is 27.5. The number of aryl methyl sites for hydroxylation is 1. The second kappa shape index (κ2) is 14.7. The Morgan fingerprint density at radius 2 is 1.61 bits per heavy atom. The minimum absolute atomic E-state index is 0.193. The van der Waals surface area contributed by atoms with Crippen LogP contribution in [0, 0.1) is 6.92 Å². The van der Waals surface area contributed by atoms with Gasteiger partial charge in [0.05, 0.1) is 12.8 Å². The molecule has 0 atom stereocenters. The normalized spacial score (nSPS) is 10.7. The Morgan fingerprint density at radius 1 is 0.854 bits per heavy atom. The van der Waals surface area contributed by atoms with Crippen molar-refractivity contribution in [3.05, 3.63) is 118 Å². The molecule has 0 fully saturated rings. The van der Waals surface area contributed by atoms with E-state index in [0.717, 1.165) is 15.6 Å². The number of carbonyl (C=O) groups is 2. The van der Waals surface area contributed by atoms with E-state index in [0.29, 0.717) is 47.3 Å². The topological polar surface area (TPSA) is 98.3 Å². The first-order valence-electron chi connectivity index (χ1n) is 13.0. The van der Waals surface area contributed by atoms with Gasteiger partial charge in [0.2, 0.25) is 0 Å². The van der Waals surface area contributed by atoms with Crippen molar-refractivity contribution in [3.63, 3.8) is 0 Å². The van der Waals surface area contributed by atoms with Crippen molar-refractivity contribution in [1.82, 2.24) is 5.43 Å². The molecular formula is C32H30BrN3O5. The average Bonchev–Trinajstić information content (AvgIpc) is 2.98. The average molecular weight is 617 g/mol.